The third-order valence-electron chi connectivity index (χ3n) is 3.34. The summed E-state index contributed by atoms with van der Waals surface area (Å²) in [6.45, 7) is 0.150. The van der Waals surface area contributed by atoms with Crippen LogP contribution in [0.15, 0.2) is 46.9 Å². The van der Waals surface area contributed by atoms with Crippen LogP contribution in [0.3, 0.4) is 0 Å². The quantitative estimate of drug-likeness (QED) is 0.675. The maximum atomic E-state index is 13.2. The van der Waals surface area contributed by atoms with Crippen LogP contribution in [0.25, 0.3) is 11.0 Å². The number of ether oxygens (including phenoxy) is 2. The number of furan rings is 1. The van der Waals surface area contributed by atoms with Crippen LogP contribution in [0.2, 0.25) is 0 Å². The Morgan fingerprint density at radius 2 is 1.86 bits per heavy atom. The van der Waals surface area contributed by atoms with Crippen LogP contribution in [0.1, 0.15) is 16.1 Å². The first kappa shape index (κ1) is 12.0. The van der Waals surface area contributed by atoms with Crippen molar-refractivity contribution in [2.24, 2.45) is 0 Å². The van der Waals surface area contributed by atoms with Gasteiger partial charge in [0.2, 0.25) is 12.6 Å². The molecular formula is C16H9FO4. The highest BCUT2D eigenvalue weighted by molar-refractivity contribution is 6.09. The van der Waals surface area contributed by atoms with Crippen molar-refractivity contribution in [3.63, 3.8) is 0 Å². The van der Waals surface area contributed by atoms with Gasteiger partial charge in [-0.2, -0.15) is 0 Å². The van der Waals surface area contributed by atoms with Crippen molar-refractivity contribution in [2.45, 2.75) is 0 Å². The van der Waals surface area contributed by atoms with Crippen LogP contribution in [0.4, 0.5) is 4.39 Å². The monoisotopic (exact) mass is 284 g/mol. The number of fused-ring (bicyclic) bond motifs is 2. The van der Waals surface area contributed by atoms with Gasteiger partial charge in [-0.3, -0.25) is 4.79 Å². The summed E-state index contributed by atoms with van der Waals surface area (Å²) >= 11 is 0. The molecule has 0 fully saturated rings. The van der Waals surface area contributed by atoms with Crippen LogP contribution in [0, 0.1) is 5.82 Å². The number of ketones is 1. The fraction of sp³-hybridized carbons (Fsp3) is 0.0625. The number of benzene rings is 2. The zero-order chi connectivity index (χ0) is 14.4. The van der Waals surface area contributed by atoms with Gasteiger partial charge in [-0.15, -0.1) is 0 Å². The van der Waals surface area contributed by atoms with Gasteiger partial charge in [0.05, 0.1) is 0 Å². The van der Waals surface area contributed by atoms with Crippen LogP contribution in [0.5, 0.6) is 11.5 Å². The molecule has 0 saturated heterocycles. The Morgan fingerprint density at radius 3 is 2.76 bits per heavy atom. The molecule has 0 unspecified atom stereocenters. The topological polar surface area (TPSA) is 48.7 Å². The van der Waals surface area contributed by atoms with E-state index in [0.29, 0.717) is 28.0 Å². The van der Waals surface area contributed by atoms with Crippen LogP contribution in [-0.4, -0.2) is 12.6 Å². The second-order valence-corrected chi connectivity index (χ2v) is 4.69. The summed E-state index contributed by atoms with van der Waals surface area (Å²) in [4.78, 5) is 12.4. The largest absolute Gasteiger partial charge is 0.454 e. The minimum Gasteiger partial charge on any atom is -0.454 e. The highest BCUT2D eigenvalue weighted by Crippen LogP contribution is 2.33. The summed E-state index contributed by atoms with van der Waals surface area (Å²) in [6, 6.07) is 10.6. The predicted octanol–water partition coefficient (Wildman–Crippen LogP) is 3.53. The van der Waals surface area contributed by atoms with Crippen LogP contribution < -0.4 is 9.47 Å². The molecule has 104 valence electrons. The smallest absolute Gasteiger partial charge is 0.231 e. The van der Waals surface area contributed by atoms with E-state index >= 15 is 0 Å². The van der Waals surface area contributed by atoms with Gasteiger partial charge in [0.15, 0.2) is 17.3 Å². The van der Waals surface area contributed by atoms with Crippen LogP contribution >= 0.6 is 0 Å². The minimum atomic E-state index is -0.370. The molecule has 5 heteroatoms. The number of hydrogen-bond acceptors (Lipinski definition) is 4. The Kier molecular flexibility index (Phi) is 2.47. The summed E-state index contributed by atoms with van der Waals surface area (Å²) in [6.07, 6.45) is 0. The van der Waals surface area contributed by atoms with Crippen molar-refractivity contribution in [3.8, 4) is 11.5 Å². The van der Waals surface area contributed by atoms with Crippen molar-refractivity contribution in [3.05, 3.63) is 59.6 Å². The molecule has 0 radical (unpaired) electrons. The van der Waals surface area contributed by atoms with Gasteiger partial charge in [-0.25, -0.2) is 4.39 Å². The lowest BCUT2D eigenvalue weighted by molar-refractivity contribution is 0.101. The van der Waals surface area contributed by atoms with Gasteiger partial charge in [-0.1, -0.05) is 0 Å². The maximum Gasteiger partial charge on any atom is 0.231 e. The third-order valence-corrected chi connectivity index (χ3v) is 3.34. The van der Waals surface area contributed by atoms with Gasteiger partial charge < -0.3 is 13.9 Å². The highest BCUT2D eigenvalue weighted by Gasteiger charge is 2.19. The minimum absolute atomic E-state index is 0.150. The van der Waals surface area contributed by atoms with Crippen molar-refractivity contribution in [1.29, 1.82) is 0 Å². The standard InChI is InChI=1S/C16H9FO4/c17-11-2-4-12-10(5-11)7-15(21-12)16(18)9-1-3-13-14(6-9)20-8-19-13/h1-7H,8H2. The predicted molar refractivity (Wildman–Crippen MR) is 72.2 cm³/mol. The average Bonchev–Trinajstić information content (AvgIpc) is 3.11. The second kappa shape index (κ2) is 4.34. The number of carbonyl (C=O) groups is 1. The van der Waals surface area contributed by atoms with Gasteiger partial charge in [0.25, 0.3) is 0 Å². The van der Waals surface area contributed by atoms with E-state index in [0.717, 1.165) is 0 Å². The lowest BCUT2D eigenvalue weighted by Crippen LogP contribution is -1.99. The van der Waals surface area contributed by atoms with Crippen molar-refractivity contribution < 1.29 is 23.1 Å². The molecule has 21 heavy (non-hydrogen) atoms. The zero-order valence-corrected chi connectivity index (χ0v) is 10.8. The van der Waals surface area contributed by atoms with E-state index < -0.39 is 0 Å². The Bertz CT molecular complexity index is 866. The summed E-state index contributed by atoms with van der Waals surface area (Å²) in [5.74, 6) is 0.644. The molecule has 0 bridgehead atoms. The fourth-order valence-electron chi connectivity index (χ4n) is 2.31. The lowest BCUT2D eigenvalue weighted by atomic mass is 10.1. The first-order chi connectivity index (χ1) is 10.2. The molecule has 0 spiro atoms. The molecule has 0 amide bonds. The molecule has 4 nitrogen and oxygen atoms in total. The summed E-state index contributed by atoms with van der Waals surface area (Å²) in [5.41, 5.74) is 0.902. The first-order valence-electron chi connectivity index (χ1n) is 6.34. The van der Waals surface area contributed by atoms with Gasteiger partial charge in [0, 0.05) is 10.9 Å². The number of hydrogen-bond donors (Lipinski definition) is 0. The van der Waals surface area contributed by atoms with Crippen molar-refractivity contribution in [2.75, 3.05) is 6.79 Å². The van der Waals surface area contributed by atoms with Crippen molar-refractivity contribution in [1.82, 2.24) is 0 Å². The molecule has 1 aromatic heterocycles. The Hall–Kier alpha value is -2.82. The lowest BCUT2D eigenvalue weighted by Gasteiger charge is -1.99. The van der Waals surface area contributed by atoms with Gasteiger partial charge in [0.1, 0.15) is 11.4 Å². The van der Waals surface area contributed by atoms with E-state index in [-0.39, 0.29) is 24.2 Å². The normalized spacial score (nSPS) is 12.8. The first-order valence-corrected chi connectivity index (χ1v) is 6.34. The molecule has 1 aliphatic rings. The molecule has 4 rings (SSSR count). The fourth-order valence-corrected chi connectivity index (χ4v) is 2.31. The highest BCUT2D eigenvalue weighted by atomic mass is 19.1. The van der Waals surface area contributed by atoms with E-state index in [4.69, 9.17) is 13.9 Å². The van der Waals surface area contributed by atoms with E-state index in [9.17, 15) is 9.18 Å². The average molecular weight is 284 g/mol. The molecule has 3 aromatic rings. The Balaban J connectivity index is 1.75. The summed E-state index contributed by atoms with van der Waals surface area (Å²) in [7, 11) is 0. The molecule has 0 atom stereocenters. The molecule has 0 saturated carbocycles. The molecule has 1 aliphatic heterocycles. The summed E-state index contributed by atoms with van der Waals surface area (Å²) < 4.78 is 29.1. The molecule has 0 N–H and O–H groups in total. The van der Waals surface area contributed by atoms with Crippen molar-refractivity contribution >= 4 is 16.8 Å². The van der Waals surface area contributed by atoms with E-state index in [1.807, 2.05) is 0 Å². The zero-order valence-electron chi connectivity index (χ0n) is 10.8. The Labute approximate surface area is 118 Å². The number of rotatable bonds is 2. The molecule has 2 aromatic carbocycles. The molecule has 0 aliphatic carbocycles. The van der Waals surface area contributed by atoms with E-state index in [1.165, 1.54) is 24.3 Å². The maximum absolute atomic E-state index is 13.2. The Morgan fingerprint density at radius 1 is 1.00 bits per heavy atom. The number of halogens is 1. The van der Waals surface area contributed by atoms with Crippen LogP contribution in [-0.2, 0) is 0 Å². The van der Waals surface area contributed by atoms with Gasteiger partial charge >= 0.3 is 0 Å². The molecular weight excluding hydrogens is 275 g/mol. The van der Waals surface area contributed by atoms with E-state index in [2.05, 4.69) is 0 Å². The third kappa shape index (κ3) is 1.94. The molecule has 2 heterocycles. The second-order valence-electron chi connectivity index (χ2n) is 4.69. The SMILES string of the molecule is O=C(c1ccc2c(c1)OCO2)c1cc2cc(F)ccc2o1. The van der Waals surface area contributed by atoms with E-state index in [1.54, 1.807) is 18.2 Å². The summed E-state index contributed by atoms with van der Waals surface area (Å²) in [5, 5.41) is 0.555. The number of carbonyl (C=O) groups excluding carboxylic acids is 1. The van der Waals surface area contributed by atoms with Gasteiger partial charge in [-0.05, 0) is 42.5 Å².